The lowest BCUT2D eigenvalue weighted by Crippen LogP contribution is -2.35. The Morgan fingerprint density at radius 1 is 1.12 bits per heavy atom. The van der Waals surface area contributed by atoms with Gasteiger partial charge in [0.25, 0.3) is 0 Å². The van der Waals surface area contributed by atoms with Gasteiger partial charge in [0, 0.05) is 29.4 Å². The van der Waals surface area contributed by atoms with E-state index in [9.17, 15) is 0 Å². The largest absolute Gasteiger partial charge is 0.382 e. The third-order valence-electron chi connectivity index (χ3n) is 5.00. The van der Waals surface area contributed by atoms with Crippen molar-refractivity contribution < 1.29 is 0 Å². The molecule has 1 saturated carbocycles. The molecule has 0 bridgehead atoms. The van der Waals surface area contributed by atoms with Gasteiger partial charge in [-0.25, -0.2) is 4.99 Å². The highest BCUT2D eigenvalue weighted by molar-refractivity contribution is 6.41. The first-order valence-electron chi connectivity index (χ1n) is 8.22. The molecule has 24 heavy (non-hydrogen) atoms. The van der Waals surface area contributed by atoms with Crippen LogP contribution < -0.4 is 5.73 Å². The summed E-state index contributed by atoms with van der Waals surface area (Å²) in [5, 5.41) is 0.628. The number of nitrogens with two attached hydrogens (primary N) is 1. The van der Waals surface area contributed by atoms with Crippen molar-refractivity contribution in [3.8, 4) is 11.1 Å². The van der Waals surface area contributed by atoms with Gasteiger partial charge in [0.15, 0.2) is 5.66 Å². The van der Waals surface area contributed by atoms with Gasteiger partial charge >= 0.3 is 0 Å². The predicted molar refractivity (Wildman–Crippen MR) is 98.4 cm³/mol. The van der Waals surface area contributed by atoms with Crippen molar-refractivity contribution in [3.05, 3.63) is 53.3 Å². The third kappa shape index (κ3) is 2.42. The minimum atomic E-state index is -0.561. The fourth-order valence-corrected chi connectivity index (χ4v) is 3.63. The second-order valence-electron chi connectivity index (χ2n) is 6.52. The van der Waals surface area contributed by atoms with Crippen LogP contribution in [0.3, 0.4) is 0 Å². The van der Waals surface area contributed by atoms with E-state index >= 15 is 0 Å². The molecule has 1 aliphatic heterocycles. The Bertz CT molecular complexity index is 834. The molecule has 1 atom stereocenters. The van der Waals surface area contributed by atoms with E-state index in [1.165, 1.54) is 6.42 Å². The number of rotatable bonds is 3. The zero-order valence-corrected chi connectivity index (χ0v) is 14.3. The molecule has 0 saturated heterocycles. The minimum absolute atomic E-state index is 0.418. The average Bonchev–Trinajstić information content (AvgIpc) is 2.82. The first kappa shape index (κ1) is 15.3. The van der Waals surface area contributed by atoms with Crippen LogP contribution in [0.1, 0.15) is 31.7 Å². The summed E-state index contributed by atoms with van der Waals surface area (Å²) in [5.74, 6) is 0.970. The molecule has 2 N–H and O–H groups in total. The van der Waals surface area contributed by atoms with Crippen LogP contribution in [0.4, 0.5) is 0 Å². The van der Waals surface area contributed by atoms with Gasteiger partial charge in [-0.2, -0.15) is 0 Å². The number of hydrogen-bond donors (Lipinski definition) is 1. The Kier molecular flexibility index (Phi) is 3.65. The highest BCUT2D eigenvalue weighted by atomic mass is 35.5. The molecule has 1 aromatic carbocycles. The second kappa shape index (κ2) is 5.71. The Labute approximate surface area is 146 Å². The van der Waals surface area contributed by atoms with Crippen molar-refractivity contribution >= 4 is 23.1 Å². The van der Waals surface area contributed by atoms with Crippen LogP contribution in [-0.4, -0.2) is 16.5 Å². The van der Waals surface area contributed by atoms with Gasteiger partial charge in [0.05, 0.1) is 10.7 Å². The Balaban J connectivity index is 1.82. The van der Waals surface area contributed by atoms with Crippen LogP contribution in [0.25, 0.3) is 11.1 Å². The minimum Gasteiger partial charge on any atom is -0.382 e. The van der Waals surface area contributed by atoms with Gasteiger partial charge in [-0.1, -0.05) is 36.2 Å². The van der Waals surface area contributed by atoms with E-state index in [0.717, 1.165) is 35.2 Å². The lowest BCUT2D eigenvalue weighted by atomic mass is 9.73. The molecule has 4 rings (SSSR count). The van der Waals surface area contributed by atoms with Gasteiger partial charge in [0.1, 0.15) is 5.84 Å². The van der Waals surface area contributed by atoms with Crippen molar-refractivity contribution in [1.82, 2.24) is 4.98 Å². The monoisotopic (exact) mass is 338 g/mol. The van der Waals surface area contributed by atoms with E-state index in [1.54, 1.807) is 6.20 Å². The zero-order chi connectivity index (χ0) is 16.7. The van der Waals surface area contributed by atoms with Crippen molar-refractivity contribution in [2.75, 3.05) is 0 Å². The van der Waals surface area contributed by atoms with E-state index in [2.05, 4.69) is 23.2 Å². The van der Waals surface area contributed by atoms with E-state index in [-0.39, 0.29) is 0 Å². The molecule has 1 aliphatic carbocycles. The maximum Gasteiger partial charge on any atom is 0.181 e. The fraction of sp³-hybridized carbons (Fsp3) is 0.316. The Hall–Kier alpha value is -2.20. The predicted octanol–water partition coefficient (Wildman–Crippen LogP) is 4.19. The quantitative estimate of drug-likeness (QED) is 0.912. The van der Waals surface area contributed by atoms with Gasteiger partial charge in [-0.15, -0.1) is 0 Å². The molecule has 1 fully saturated rings. The molecule has 0 amide bonds. The van der Waals surface area contributed by atoms with Crippen molar-refractivity contribution in [1.29, 1.82) is 0 Å². The average molecular weight is 339 g/mol. The molecule has 0 spiro atoms. The molecule has 0 radical (unpaired) electrons. The van der Waals surface area contributed by atoms with Crippen LogP contribution >= 0.6 is 11.6 Å². The molecule has 2 heterocycles. The normalized spacial score (nSPS) is 23.6. The summed E-state index contributed by atoms with van der Waals surface area (Å²) >= 11 is 6.09. The molecule has 1 aromatic heterocycles. The molecule has 2 aromatic rings. The number of benzene rings is 1. The number of hydrogen-bond acceptors (Lipinski definition) is 4. The highest BCUT2D eigenvalue weighted by Gasteiger charge is 2.46. The summed E-state index contributed by atoms with van der Waals surface area (Å²) < 4.78 is 0. The molecular formula is C19H19ClN4. The molecule has 1 unspecified atom stereocenters. The van der Waals surface area contributed by atoms with E-state index in [1.807, 2.05) is 25.3 Å². The van der Waals surface area contributed by atoms with Crippen LogP contribution in [-0.2, 0) is 5.66 Å². The first-order chi connectivity index (χ1) is 11.6. The summed E-state index contributed by atoms with van der Waals surface area (Å²) in [5.41, 5.74) is 9.48. The number of nitrogens with zero attached hydrogens (tertiary/aromatic N) is 3. The number of aromatic nitrogens is 1. The lowest BCUT2D eigenvalue weighted by Gasteiger charge is -2.38. The standard InChI is InChI=1S/C19H19ClN4/c1-12-18(21)24-19(23-12,15-5-3-6-15)16-7-2-4-13(8-16)14-9-17(20)11-22-10-14/h2,4,7-11,15H,3,5-6H2,1H3,(H2,21,24). The highest BCUT2D eigenvalue weighted by Crippen LogP contribution is 2.48. The zero-order valence-electron chi connectivity index (χ0n) is 13.5. The topological polar surface area (TPSA) is 63.6 Å². The molecule has 2 aliphatic rings. The second-order valence-corrected chi connectivity index (χ2v) is 6.96. The van der Waals surface area contributed by atoms with Gasteiger partial charge in [-0.3, -0.25) is 9.98 Å². The summed E-state index contributed by atoms with van der Waals surface area (Å²) in [6.45, 7) is 1.93. The molecule has 122 valence electrons. The maximum atomic E-state index is 6.09. The van der Waals surface area contributed by atoms with E-state index < -0.39 is 5.66 Å². The van der Waals surface area contributed by atoms with Crippen molar-refractivity contribution in [3.63, 3.8) is 0 Å². The first-order valence-corrected chi connectivity index (χ1v) is 8.60. The Morgan fingerprint density at radius 3 is 2.58 bits per heavy atom. The van der Waals surface area contributed by atoms with Gasteiger partial charge in [-0.05, 0) is 37.5 Å². The van der Waals surface area contributed by atoms with E-state index in [4.69, 9.17) is 27.3 Å². The van der Waals surface area contributed by atoms with Gasteiger partial charge in [0.2, 0.25) is 0 Å². The summed E-state index contributed by atoms with van der Waals surface area (Å²) in [4.78, 5) is 13.9. The van der Waals surface area contributed by atoms with Crippen LogP contribution in [0.15, 0.2) is 52.7 Å². The molecular weight excluding hydrogens is 320 g/mol. The number of amidine groups is 1. The number of halogens is 1. The van der Waals surface area contributed by atoms with E-state index in [0.29, 0.717) is 16.8 Å². The van der Waals surface area contributed by atoms with Crippen molar-refractivity contribution in [2.24, 2.45) is 21.6 Å². The smallest absolute Gasteiger partial charge is 0.181 e. The van der Waals surface area contributed by atoms with Crippen LogP contribution in [0.2, 0.25) is 5.02 Å². The molecule has 5 heteroatoms. The van der Waals surface area contributed by atoms with Crippen molar-refractivity contribution in [2.45, 2.75) is 31.8 Å². The fourth-order valence-electron chi connectivity index (χ4n) is 3.46. The molecule has 4 nitrogen and oxygen atoms in total. The SMILES string of the molecule is CC1=NC(c2cccc(-c3cncc(Cl)c3)c2)(C2CCC2)N=C1N. The summed E-state index contributed by atoms with van der Waals surface area (Å²) in [7, 11) is 0. The summed E-state index contributed by atoms with van der Waals surface area (Å²) in [6.07, 6.45) is 6.96. The van der Waals surface area contributed by atoms with Gasteiger partial charge < -0.3 is 5.73 Å². The number of pyridine rings is 1. The number of aliphatic imine (C=N–C) groups is 2. The summed E-state index contributed by atoms with van der Waals surface area (Å²) in [6, 6.07) is 10.3. The van der Waals surface area contributed by atoms with Crippen LogP contribution in [0.5, 0.6) is 0 Å². The third-order valence-corrected chi connectivity index (χ3v) is 5.21. The maximum absolute atomic E-state index is 6.09. The Morgan fingerprint density at radius 2 is 1.96 bits per heavy atom. The lowest BCUT2D eigenvalue weighted by molar-refractivity contribution is 0.179. The van der Waals surface area contributed by atoms with Crippen LogP contribution in [0, 0.1) is 5.92 Å².